The van der Waals surface area contributed by atoms with E-state index in [1.54, 1.807) is 0 Å². The molecule has 138 valence electrons. The molecule has 1 fully saturated rings. The van der Waals surface area contributed by atoms with Crippen molar-refractivity contribution in [3.63, 3.8) is 0 Å². The smallest absolute Gasteiger partial charge is 0.237 e. The monoisotopic (exact) mass is 352 g/mol. The minimum atomic E-state index is -0.108. The third-order valence-electron chi connectivity index (χ3n) is 5.17. The van der Waals surface area contributed by atoms with Crippen LogP contribution in [0.2, 0.25) is 0 Å². The molecule has 26 heavy (non-hydrogen) atoms. The summed E-state index contributed by atoms with van der Waals surface area (Å²) in [5, 5.41) is 3.11. The predicted molar refractivity (Wildman–Crippen MR) is 105 cm³/mol. The highest BCUT2D eigenvalue weighted by Gasteiger charge is 2.26. The van der Waals surface area contributed by atoms with E-state index in [9.17, 15) is 4.79 Å². The van der Waals surface area contributed by atoms with Crippen LogP contribution in [0.1, 0.15) is 25.3 Å². The maximum Gasteiger partial charge on any atom is 0.237 e. The molecule has 1 aliphatic rings. The van der Waals surface area contributed by atoms with E-state index in [0.29, 0.717) is 12.5 Å². The van der Waals surface area contributed by atoms with Crippen LogP contribution in [-0.4, -0.2) is 54.6 Å². The molecular weight excluding hydrogens is 324 g/mol. The first kappa shape index (κ1) is 18.4. The number of amides is 1. The molecule has 1 aromatic carbocycles. The predicted octanol–water partition coefficient (Wildman–Crippen LogP) is 2.51. The zero-order valence-corrected chi connectivity index (χ0v) is 15.6. The fraction of sp³-hybridized carbons (Fsp3) is 0.429. The Morgan fingerprint density at radius 2 is 1.73 bits per heavy atom. The molecule has 0 radical (unpaired) electrons. The van der Waals surface area contributed by atoms with Gasteiger partial charge in [0.15, 0.2) is 0 Å². The average Bonchev–Trinajstić information content (AvgIpc) is 2.72. The summed E-state index contributed by atoms with van der Waals surface area (Å²) in [4.78, 5) is 21.5. The van der Waals surface area contributed by atoms with Crippen LogP contribution < -0.4 is 10.2 Å². The van der Waals surface area contributed by atoms with Crippen LogP contribution in [0, 0.1) is 0 Å². The van der Waals surface area contributed by atoms with Crippen LogP contribution in [0.25, 0.3) is 0 Å². The molecule has 1 N–H and O–H groups in total. The van der Waals surface area contributed by atoms with Crippen molar-refractivity contribution in [2.24, 2.45) is 0 Å². The van der Waals surface area contributed by atoms with Gasteiger partial charge in [-0.3, -0.25) is 9.69 Å². The highest BCUT2D eigenvalue weighted by atomic mass is 16.2. The highest BCUT2D eigenvalue weighted by molar-refractivity contribution is 5.81. The summed E-state index contributed by atoms with van der Waals surface area (Å²) in [5.41, 5.74) is 1.25. The van der Waals surface area contributed by atoms with Gasteiger partial charge in [-0.25, -0.2) is 4.98 Å². The van der Waals surface area contributed by atoms with Crippen LogP contribution in [-0.2, 0) is 4.79 Å². The lowest BCUT2D eigenvalue weighted by Crippen LogP contribution is -2.54. The number of aromatic nitrogens is 1. The number of carbonyl (C=O) groups is 1. The molecule has 1 aromatic heterocycles. The standard InChI is InChI=1S/C21H28N4O/c1-17(19-8-4-3-5-9-19)16-23-21(26)18(2)24-12-14-25(15-13-24)20-10-6-7-11-22-20/h3-11,17-18H,12-16H2,1-2H3,(H,23,26). The average molecular weight is 352 g/mol. The quantitative estimate of drug-likeness (QED) is 0.868. The summed E-state index contributed by atoms with van der Waals surface area (Å²) in [6.07, 6.45) is 1.83. The van der Waals surface area contributed by atoms with Crippen molar-refractivity contribution in [1.82, 2.24) is 15.2 Å². The molecule has 2 aromatic rings. The number of carbonyl (C=O) groups excluding carboxylic acids is 1. The molecule has 0 bridgehead atoms. The molecular formula is C21H28N4O. The van der Waals surface area contributed by atoms with Crippen LogP contribution in [0.5, 0.6) is 0 Å². The van der Waals surface area contributed by atoms with E-state index in [1.807, 2.05) is 49.5 Å². The van der Waals surface area contributed by atoms with Crippen LogP contribution in [0.4, 0.5) is 5.82 Å². The number of hydrogen-bond donors (Lipinski definition) is 1. The molecule has 0 spiro atoms. The van der Waals surface area contributed by atoms with Gasteiger partial charge in [0.05, 0.1) is 6.04 Å². The first-order chi connectivity index (χ1) is 12.6. The van der Waals surface area contributed by atoms with Gasteiger partial charge in [-0.1, -0.05) is 43.3 Å². The molecule has 3 rings (SSSR count). The number of benzene rings is 1. The minimum Gasteiger partial charge on any atom is -0.354 e. The fourth-order valence-corrected chi connectivity index (χ4v) is 3.35. The van der Waals surface area contributed by atoms with Gasteiger partial charge in [-0.15, -0.1) is 0 Å². The lowest BCUT2D eigenvalue weighted by Gasteiger charge is -2.38. The van der Waals surface area contributed by atoms with E-state index in [4.69, 9.17) is 0 Å². The molecule has 5 heteroatoms. The van der Waals surface area contributed by atoms with Crippen molar-refractivity contribution in [2.45, 2.75) is 25.8 Å². The zero-order chi connectivity index (χ0) is 18.4. The minimum absolute atomic E-state index is 0.108. The first-order valence-corrected chi connectivity index (χ1v) is 9.38. The van der Waals surface area contributed by atoms with Crippen molar-refractivity contribution in [3.8, 4) is 0 Å². The van der Waals surface area contributed by atoms with Gasteiger partial charge in [0, 0.05) is 38.9 Å². The van der Waals surface area contributed by atoms with Crippen LogP contribution in [0.3, 0.4) is 0 Å². The Morgan fingerprint density at radius 1 is 1.04 bits per heavy atom. The first-order valence-electron chi connectivity index (χ1n) is 9.38. The van der Waals surface area contributed by atoms with Crippen molar-refractivity contribution >= 4 is 11.7 Å². The highest BCUT2D eigenvalue weighted by Crippen LogP contribution is 2.15. The van der Waals surface area contributed by atoms with Crippen molar-refractivity contribution in [3.05, 3.63) is 60.3 Å². The van der Waals surface area contributed by atoms with Gasteiger partial charge in [0.25, 0.3) is 0 Å². The summed E-state index contributed by atoms with van der Waals surface area (Å²) in [7, 11) is 0. The van der Waals surface area contributed by atoms with Crippen molar-refractivity contribution < 1.29 is 4.79 Å². The Balaban J connectivity index is 1.46. The third-order valence-corrected chi connectivity index (χ3v) is 5.17. The van der Waals surface area contributed by atoms with Gasteiger partial charge in [0.1, 0.15) is 5.82 Å². The lowest BCUT2D eigenvalue weighted by atomic mass is 10.0. The maximum absolute atomic E-state index is 12.6. The summed E-state index contributed by atoms with van der Waals surface area (Å²) in [6, 6.07) is 16.2. The molecule has 0 aliphatic carbocycles. The number of anilines is 1. The van der Waals surface area contributed by atoms with Crippen LogP contribution in [0.15, 0.2) is 54.7 Å². The second-order valence-electron chi connectivity index (χ2n) is 6.94. The fourth-order valence-electron chi connectivity index (χ4n) is 3.35. The Hall–Kier alpha value is -2.40. The van der Waals surface area contributed by atoms with E-state index in [2.05, 4.69) is 39.2 Å². The maximum atomic E-state index is 12.6. The molecule has 2 unspecified atom stereocenters. The Labute approximate surface area is 156 Å². The molecule has 2 atom stereocenters. The van der Waals surface area contributed by atoms with E-state index in [1.165, 1.54) is 5.56 Å². The van der Waals surface area contributed by atoms with Gasteiger partial charge >= 0.3 is 0 Å². The van der Waals surface area contributed by atoms with Gasteiger partial charge in [-0.05, 0) is 30.5 Å². The van der Waals surface area contributed by atoms with E-state index in [-0.39, 0.29) is 11.9 Å². The molecule has 5 nitrogen and oxygen atoms in total. The van der Waals surface area contributed by atoms with E-state index < -0.39 is 0 Å². The third kappa shape index (κ3) is 4.61. The van der Waals surface area contributed by atoms with Gasteiger partial charge < -0.3 is 10.2 Å². The van der Waals surface area contributed by atoms with Gasteiger partial charge in [0.2, 0.25) is 5.91 Å². The Kier molecular flexibility index (Phi) is 6.23. The topological polar surface area (TPSA) is 48.5 Å². The number of nitrogens with zero attached hydrogens (tertiary/aromatic N) is 3. The van der Waals surface area contributed by atoms with Crippen molar-refractivity contribution in [1.29, 1.82) is 0 Å². The number of rotatable bonds is 6. The molecule has 1 amide bonds. The Morgan fingerprint density at radius 3 is 2.38 bits per heavy atom. The number of pyridine rings is 1. The van der Waals surface area contributed by atoms with Gasteiger partial charge in [-0.2, -0.15) is 0 Å². The van der Waals surface area contributed by atoms with E-state index in [0.717, 1.165) is 32.0 Å². The molecule has 2 heterocycles. The summed E-state index contributed by atoms with van der Waals surface area (Å²) < 4.78 is 0. The molecule has 1 aliphatic heterocycles. The van der Waals surface area contributed by atoms with Crippen LogP contribution >= 0.6 is 0 Å². The number of nitrogens with one attached hydrogen (secondary N) is 1. The molecule has 1 saturated heterocycles. The summed E-state index contributed by atoms with van der Waals surface area (Å²) >= 11 is 0. The summed E-state index contributed by atoms with van der Waals surface area (Å²) in [6.45, 7) is 8.36. The molecule has 0 saturated carbocycles. The largest absolute Gasteiger partial charge is 0.354 e. The lowest BCUT2D eigenvalue weighted by molar-refractivity contribution is -0.126. The normalized spacial score (nSPS) is 17.5. The SMILES string of the molecule is CC(CNC(=O)C(C)N1CCN(c2ccccn2)CC1)c1ccccc1. The Bertz CT molecular complexity index is 684. The van der Waals surface area contributed by atoms with Crippen molar-refractivity contribution in [2.75, 3.05) is 37.6 Å². The summed E-state index contributed by atoms with van der Waals surface area (Å²) in [5.74, 6) is 1.44. The second kappa shape index (κ2) is 8.81. The number of piperazine rings is 1. The van der Waals surface area contributed by atoms with E-state index >= 15 is 0 Å². The number of hydrogen-bond acceptors (Lipinski definition) is 4. The second-order valence-corrected chi connectivity index (χ2v) is 6.94. The zero-order valence-electron chi connectivity index (χ0n) is 15.6.